The number of aromatic hydroxyl groups is 1. The number of aromatic nitrogens is 1. The lowest BCUT2D eigenvalue weighted by atomic mass is 10.1. The molecule has 20 heavy (non-hydrogen) atoms. The monoisotopic (exact) mass is 276 g/mol. The molecule has 5 heteroatoms. The van der Waals surface area contributed by atoms with Crippen LogP contribution >= 0.6 is 0 Å². The largest absolute Gasteiger partial charge is 0.508 e. The molecule has 0 saturated carbocycles. The molecule has 1 aromatic carbocycles. The fourth-order valence-electron chi connectivity index (χ4n) is 2.13. The van der Waals surface area contributed by atoms with Crippen LogP contribution in [0.5, 0.6) is 11.5 Å². The van der Waals surface area contributed by atoms with Crippen LogP contribution in [0.4, 0.5) is 0 Å². The first-order chi connectivity index (χ1) is 9.52. The number of methoxy groups -OCH3 is 1. The Kier molecular flexibility index (Phi) is 4.29. The Hall–Kier alpha value is -2.01. The van der Waals surface area contributed by atoms with Crippen LogP contribution in [-0.2, 0) is 6.54 Å². The van der Waals surface area contributed by atoms with Crippen LogP contribution in [0.15, 0.2) is 22.7 Å². The molecular weight excluding hydrogens is 256 g/mol. The predicted octanol–water partition coefficient (Wildman–Crippen LogP) is 2.86. The zero-order valence-electron chi connectivity index (χ0n) is 12.2. The van der Waals surface area contributed by atoms with Crippen LogP contribution in [0, 0.1) is 13.8 Å². The molecule has 0 amide bonds. The van der Waals surface area contributed by atoms with Gasteiger partial charge in [-0.3, -0.25) is 0 Å². The first kappa shape index (κ1) is 14.4. The van der Waals surface area contributed by atoms with Gasteiger partial charge in [-0.1, -0.05) is 5.16 Å². The van der Waals surface area contributed by atoms with Crippen molar-refractivity contribution in [1.29, 1.82) is 0 Å². The third kappa shape index (κ3) is 2.93. The Morgan fingerprint density at radius 2 is 2.15 bits per heavy atom. The van der Waals surface area contributed by atoms with Crippen molar-refractivity contribution < 1.29 is 14.4 Å². The minimum atomic E-state index is -0.0150. The maximum atomic E-state index is 9.94. The van der Waals surface area contributed by atoms with Crippen LogP contribution in [0.25, 0.3) is 0 Å². The van der Waals surface area contributed by atoms with Gasteiger partial charge in [0.25, 0.3) is 0 Å². The highest BCUT2D eigenvalue weighted by Gasteiger charge is 2.14. The SMILES string of the molecule is COc1ccc(O)c(C(C)NCc2c(C)noc2C)c1. The molecule has 1 aromatic heterocycles. The summed E-state index contributed by atoms with van der Waals surface area (Å²) in [6.07, 6.45) is 0. The average Bonchev–Trinajstić information content (AvgIpc) is 2.76. The second-order valence-corrected chi connectivity index (χ2v) is 4.83. The van der Waals surface area contributed by atoms with Gasteiger partial charge in [-0.05, 0) is 39.0 Å². The second-order valence-electron chi connectivity index (χ2n) is 4.83. The average molecular weight is 276 g/mol. The molecule has 2 aromatic rings. The number of nitrogens with zero attached hydrogens (tertiary/aromatic N) is 1. The Balaban J connectivity index is 2.10. The normalized spacial score (nSPS) is 12.4. The Labute approximate surface area is 118 Å². The summed E-state index contributed by atoms with van der Waals surface area (Å²) in [7, 11) is 1.61. The van der Waals surface area contributed by atoms with E-state index in [2.05, 4.69) is 10.5 Å². The lowest BCUT2D eigenvalue weighted by Gasteiger charge is -2.16. The lowest BCUT2D eigenvalue weighted by Crippen LogP contribution is -2.19. The first-order valence-electron chi connectivity index (χ1n) is 6.55. The van der Waals surface area contributed by atoms with Gasteiger partial charge >= 0.3 is 0 Å². The number of phenolic OH excluding ortho intramolecular Hbond substituents is 1. The molecule has 0 saturated heterocycles. The molecule has 2 N–H and O–H groups in total. The van der Waals surface area contributed by atoms with Crippen molar-refractivity contribution >= 4 is 0 Å². The van der Waals surface area contributed by atoms with Crippen molar-refractivity contribution in [1.82, 2.24) is 10.5 Å². The van der Waals surface area contributed by atoms with Gasteiger partial charge in [0.1, 0.15) is 17.3 Å². The second kappa shape index (κ2) is 5.96. The number of hydrogen-bond donors (Lipinski definition) is 2. The molecule has 1 atom stereocenters. The third-order valence-corrected chi connectivity index (χ3v) is 3.47. The van der Waals surface area contributed by atoms with Gasteiger partial charge in [0, 0.05) is 23.7 Å². The summed E-state index contributed by atoms with van der Waals surface area (Å²) in [6.45, 7) is 6.44. The van der Waals surface area contributed by atoms with Crippen molar-refractivity contribution in [3.8, 4) is 11.5 Å². The topological polar surface area (TPSA) is 67.5 Å². The smallest absolute Gasteiger partial charge is 0.138 e. The van der Waals surface area contributed by atoms with E-state index >= 15 is 0 Å². The fourth-order valence-corrected chi connectivity index (χ4v) is 2.13. The minimum Gasteiger partial charge on any atom is -0.508 e. The van der Waals surface area contributed by atoms with Gasteiger partial charge in [-0.25, -0.2) is 0 Å². The van der Waals surface area contributed by atoms with Crippen LogP contribution in [-0.4, -0.2) is 17.4 Å². The van der Waals surface area contributed by atoms with Crippen molar-refractivity contribution in [2.45, 2.75) is 33.4 Å². The molecule has 0 spiro atoms. The van der Waals surface area contributed by atoms with Gasteiger partial charge in [-0.2, -0.15) is 0 Å². The molecule has 1 heterocycles. The van der Waals surface area contributed by atoms with Crippen molar-refractivity contribution in [2.75, 3.05) is 7.11 Å². The van der Waals surface area contributed by atoms with Gasteiger partial charge in [0.2, 0.25) is 0 Å². The van der Waals surface area contributed by atoms with Crippen molar-refractivity contribution in [2.24, 2.45) is 0 Å². The van der Waals surface area contributed by atoms with Crippen LogP contribution in [0.2, 0.25) is 0 Å². The van der Waals surface area contributed by atoms with Gasteiger partial charge in [0.05, 0.1) is 12.8 Å². The number of benzene rings is 1. The van der Waals surface area contributed by atoms with Crippen molar-refractivity contribution in [3.05, 3.63) is 40.8 Å². The van der Waals surface area contributed by atoms with E-state index in [-0.39, 0.29) is 11.8 Å². The maximum Gasteiger partial charge on any atom is 0.138 e. The van der Waals surface area contributed by atoms with E-state index in [1.807, 2.05) is 26.8 Å². The quantitative estimate of drug-likeness (QED) is 0.879. The highest BCUT2D eigenvalue weighted by molar-refractivity contribution is 5.41. The summed E-state index contributed by atoms with van der Waals surface area (Å²) in [5.41, 5.74) is 2.74. The molecule has 108 valence electrons. The first-order valence-corrected chi connectivity index (χ1v) is 6.55. The summed E-state index contributed by atoms with van der Waals surface area (Å²) >= 11 is 0. The summed E-state index contributed by atoms with van der Waals surface area (Å²) in [6, 6.07) is 5.20. The third-order valence-electron chi connectivity index (χ3n) is 3.47. The highest BCUT2D eigenvalue weighted by atomic mass is 16.5. The molecule has 0 bridgehead atoms. The Morgan fingerprint density at radius 1 is 1.40 bits per heavy atom. The van der Waals surface area contributed by atoms with E-state index in [4.69, 9.17) is 9.26 Å². The highest BCUT2D eigenvalue weighted by Crippen LogP contribution is 2.28. The van der Waals surface area contributed by atoms with E-state index in [9.17, 15) is 5.11 Å². The molecule has 0 aliphatic carbocycles. The molecule has 0 fully saturated rings. The number of ether oxygens (including phenoxy) is 1. The summed E-state index contributed by atoms with van der Waals surface area (Å²) in [4.78, 5) is 0. The van der Waals surface area contributed by atoms with Gasteiger partial charge < -0.3 is 19.7 Å². The summed E-state index contributed by atoms with van der Waals surface area (Å²) in [5.74, 6) is 1.80. The van der Waals surface area contributed by atoms with E-state index in [1.165, 1.54) is 0 Å². The molecule has 0 aliphatic heterocycles. The van der Waals surface area contributed by atoms with Crippen LogP contribution in [0.1, 0.15) is 35.5 Å². The number of hydrogen-bond acceptors (Lipinski definition) is 5. The van der Waals surface area contributed by atoms with E-state index < -0.39 is 0 Å². The van der Waals surface area contributed by atoms with E-state index in [0.717, 1.165) is 28.3 Å². The van der Waals surface area contributed by atoms with E-state index in [1.54, 1.807) is 19.2 Å². The summed E-state index contributed by atoms with van der Waals surface area (Å²) in [5, 5.41) is 17.2. The van der Waals surface area contributed by atoms with E-state index in [0.29, 0.717) is 6.54 Å². The number of phenols is 1. The molecule has 0 aliphatic rings. The standard InChI is InChI=1S/C15H20N2O3/c1-9(13-7-12(19-4)5-6-15(13)18)16-8-14-10(2)17-20-11(14)3/h5-7,9,16,18H,8H2,1-4H3. The zero-order chi connectivity index (χ0) is 14.7. The molecule has 5 nitrogen and oxygen atoms in total. The van der Waals surface area contributed by atoms with Crippen molar-refractivity contribution in [3.63, 3.8) is 0 Å². The van der Waals surface area contributed by atoms with Crippen LogP contribution in [0.3, 0.4) is 0 Å². The number of rotatable bonds is 5. The number of nitrogens with one attached hydrogen (secondary N) is 1. The molecule has 2 rings (SSSR count). The molecule has 1 unspecified atom stereocenters. The fraction of sp³-hybridized carbons (Fsp3) is 0.400. The Morgan fingerprint density at radius 3 is 2.75 bits per heavy atom. The number of aryl methyl sites for hydroxylation is 2. The molecule has 0 radical (unpaired) electrons. The summed E-state index contributed by atoms with van der Waals surface area (Å²) < 4.78 is 10.3. The molecular formula is C15H20N2O3. The maximum absolute atomic E-state index is 9.94. The minimum absolute atomic E-state index is 0.0150. The van der Waals surface area contributed by atoms with Gasteiger partial charge in [0.15, 0.2) is 0 Å². The van der Waals surface area contributed by atoms with Gasteiger partial charge in [-0.15, -0.1) is 0 Å². The van der Waals surface area contributed by atoms with Crippen LogP contribution < -0.4 is 10.1 Å². The zero-order valence-corrected chi connectivity index (χ0v) is 12.2. The lowest BCUT2D eigenvalue weighted by molar-refractivity contribution is 0.391. The Bertz CT molecular complexity index is 573. The predicted molar refractivity (Wildman–Crippen MR) is 75.9 cm³/mol.